The fourth-order valence-corrected chi connectivity index (χ4v) is 3.81. The number of carbonyl (C=O) groups excluding carboxylic acids is 1. The molecule has 5 heteroatoms. The van der Waals surface area contributed by atoms with E-state index in [2.05, 4.69) is 40.3 Å². The van der Waals surface area contributed by atoms with E-state index in [4.69, 9.17) is 11.6 Å². The minimum atomic E-state index is -0.0942. The molecule has 0 saturated heterocycles. The molecule has 1 unspecified atom stereocenters. The predicted octanol–water partition coefficient (Wildman–Crippen LogP) is 5.28. The topological polar surface area (TPSA) is 37.3 Å². The number of aromatic nitrogens is 1. The van der Waals surface area contributed by atoms with Gasteiger partial charge in [-0.3, -0.25) is 0 Å². The van der Waals surface area contributed by atoms with Crippen molar-refractivity contribution in [3.05, 3.63) is 88.7 Å². The Morgan fingerprint density at radius 1 is 1.11 bits per heavy atom. The number of aryl methyl sites for hydroxylation is 1. The number of carbonyl (C=O) groups is 1. The van der Waals surface area contributed by atoms with Crippen LogP contribution in [0.4, 0.5) is 10.5 Å². The highest BCUT2D eigenvalue weighted by molar-refractivity contribution is 6.31. The first-order valence-electron chi connectivity index (χ1n) is 9.14. The van der Waals surface area contributed by atoms with Crippen LogP contribution in [-0.2, 0) is 13.0 Å². The van der Waals surface area contributed by atoms with E-state index in [1.807, 2.05) is 42.2 Å². The minimum Gasteiger partial charge on any atom is -0.348 e. The van der Waals surface area contributed by atoms with Crippen LogP contribution in [0.1, 0.15) is 22.9 Å². The average molecular weight is 380 g/mol. The van der Waals surface area contributed by atoms with Crippen molar-refractivity contribution < 1.29 is 4.79 Å². The van der Waals surface area contributed by atoms with E-state index < -0.39 is 0 Å². The molecule has 0 saturated carbocycles. The Labute approximate surface area is 164 Å². The summed E-state index contributed by atoms with van der Waals surface area (Å²) in [6, 6.07) is 20.0. The van der Waals surface area contributed by atoms with E-state index in [0.717, 1.165) is 24.2 Å². The number of nitrogens with one attached hydrogen (secondary N) is 1. The minimum absolute atomic E-state index is 0.00271. The summed E-state index contributed by atoms with van der Waals surface area (Å²) in [7, 11) is 0. The van der Waals surface area contributed by atoms with Gasteiger partial charge in [0.2, 0.25) is 0 Å². The van der Waals surface area contributed by atoms with Crippen molar-refractivity contribution in [2.45, 2.75) is 25.9 Å². The third-order valence-electron chi connectivity index (χ3n) is 5.12. The standard InChI is InChI=1S/C22H22ClN3O/c1-16-9-10-18(15-19(16)23)24-22(27)26-13-12-25-11-5-8-20(25)21(26)14-17-6-3-2-4-7-17/h2-11,15,21H,12-14H2,1H3,(H,24,27). The van der Waals surface area contributed by atoms with Crippen molar-refractivity contribution in [1.29, 1.82) is 0 Å². The van der Waals surface area contributed by atoms with Gasteiger partial charge in [-0.25, -0.2) is 4.79 Å². The molecule has 0 fully saturated rings. The van der Waals surface area contributed by atoms with Gasteiger partial charge in [0.15, 0.2) is 0 Å². The molecule has 0 aliphatic carbocycles. The maximum absolute atomic E-state index is 13.1. The molecule has 2 amide bonds. The molecule has 2 heterocycles. The van der Waals surface area contributed by atoms with Crippen LogP contribution in [0.15, 0.2) is 66.9 Å². The number of hydrogen-bond donors (Lipinski definition) is 1. The van der Waals surface area contributed by atoms with Crippen molar-refractivity contribution in [2.24, 2.45) is 0 Å². The number of halogens is 1. The summed E-state index contributed by atoms with van der Waals surface area (Å²) in [5.41, 5.74) is 4.10. The van der Waals surface area contributed by atoms with Crippen LogP contribution in [0.3, 0.4) is 0 Å². The monoisotopic (exact) mass is 379 g/mol. The second kappa shape index (κ2) is 7.49. The average Bonchev–Trinajstić information content (AvgIpc) is 3.15. The highest BCUT2D eigenvalue weighted by atomic mass is 35.5. The number of amides is 2. The maximum Gasteiger partial charge on any atom is 0.322 e. The molecule has 2 aromatic carbocycles. The van der Waals surface area contributed by atoms with E-state index in [9.17, 15) is 4.79 Å². The van der Waals surface area contributed by atoms with Crippen molar-refractivity contribution >= 4 is 23.3 Å². The van der Waals surface area contributed by atoms with Crippen LogP contribution in [0.2, 0.25) is 5.02 Å². The van der Waals surface area contributed by atoms with Crippen molar-refractivity contribution in [1.82, 2.24) is 9.47 Å². The zero-order valence-corrected chi connectivity index (χ0v) is 16.0. The summed E-state index contributed by atoms with van der Waals surface area (Å²) in [6.07, 6.45) is 2.87. The molecule has 1 N–H and O–H groups in total. The quantitative estimate of drug-likeness (QED) is 0.660. The van der Waals surface area contributed by atoms with Crippen molar-refractivity contribution in [3.63, 3.8) is 0 Å². The maximum atomic E-state index is 13.1. The normalized spacial score (nSPS) is 16.1. The van der Waals surface area contributed by atoms with Crippen LogP contribution >= 0.6 is 11.6 Å². The van der Waals surface area contributed by atoms with Gasteiger partial charge in [0.25, 0.3) is 0 Å². The number of urea groups is 1. The van der Waals surface area contributed by atoms with Crippen molar-refractivity contribution in [3.8, 4) is 0 Å². The summed E-state index contributed by atoms with van der Waals surface area (Å²) in [5, 5.41) is 3.67. The first-order chi connectivity index (χ1) is 13.1. The zero-order chi connectivity index (χ0) is 18.8. The molecule has 3 aromatic rings. The lowest BCUT2D eigenvalue weighted by Gasteiger charge is -2.37. The number of benzene rings is 2. The zero-order valence-electron chi connectivity index (χ0n) is 15.2. The second-order valence-corrected chi connectivity index (χ2v) is 7.33. The van der Waals surface area contributed by atoms with E-state index in [-0.39, 0.29) is 12.1 Å². The van der Waals surface area contributed by atoms with Gasteiger partial charge in [-0.05, 0) is 48.7 Å². The Kier molecular flexibility index (Phi) is 4.90. The highest BCUT2D eigenvalue weighted by Gasteiger charge is 2.31. The molecule has 1 atom stereocenters. The van der Waals surface area contributed by atoms with Gasteiger partial charge in [-0.1, -0.05) is 48.0 Å². The number of anilines is 1. The van der Waals surface area contributed by atoms with Gasteiger partial charge >= 0.3 is 6.03 Å². The first kappa shape index (κ1) is 17.7. The summed E-state index contributed by atoms with van der Waals surface area (Å²) < 4.78 is 2.24. The smallest absolute Gasteiger partial charge is 0.322 e. The second-order valence-electron chi connectivity index (χ2n) is 6.92. The molecule has 1 aliphatic heterocycles. The molecule has 0 radical (unpaired) electrons. The predicted molar refractivity (Wildman–Crippen MR) is 109 cm³/mol. The van der Waals surface area contributed by atoms with Gasteiger partial charge in [0.05, 0.1) is 6.04 Å². The van der Waals surface area contributed by atoms with Gasteiger partial charge in [0.1, 0.15) is 0 Å². The molecule has 138 valence electrons. The van der Waals surface area contributed by atoms with Crippen LogP contribution in [0.25, 0.3) is 0 Å². The fraction of sp³-hybridized carbons (Fsp3) is 0.227. The van der Waals surface area contributed by atoms with Crippen LogP contribution in [0.5, 0.6) is 0 Å². The molecule has 1 aromatic heterocycles. The van der Waals surface area contributed by atoms with Crippen molar-refractivity contribution in [2.75, 3.05) is 11.9 Å². The van der Waals surface area contributed by atoms with Gasteiger partial charge in [-0.15, -0.1) is 0 Å². The SMILES string of the molecule is Cc1ccc(NC(=O)N2CCn3cccc3C2Cc2ccccc2)cc1Cl. The molecule has 1 aliphatic rings. The molecule has 4 nitrogen and oxygen atoms in total. The summed E-state index contributed by atoms with van der Waals surface area (Å²) in [4.78, 5) is 15.0. The Bertz CT molecular complexity index is 951. The third kappa shape index (κ3) is 3.71. The first-order valence-corrected chi connectivity index (χ1v) is 9.52. The van der Waals surface area contributed by atoms with E-state index in [1.165, 1.54) is 11.3 Å². The fourth-order valence-electron chi connectivity index (χ4n) is 3.63. The Balaban J connectivity index is 1.59. The number of hydrogen-bond acceptors (Lipinski definition) is 1. The molecular formula is C22H22ClN3O. The Morgan fingerprint density at radius 2 is 1.93 bits per heavy atom. The summed E-state index contributed by atoms with van der Waals surface area (Å²) in [5.74, 6) is 0. The van der Waals surface area contributed by atoms with E-state index in [0.29, 0.717) is 11.6 Å². The summed E-state index contributed by atoms with van der Waals surface area (Å²) in [6.45, 7) is 3.42. The molecule has 27 heavy (non-hydrogen) atoms. The number of nitrogens with zero attached hydrogens (tertiary/aromatic N) is 2. The Morgan fingerprint density at radius 3 is 2.70 bits per heavy atom. The number of rotatable bonds is 3. The molecular weight excluding hydrogens is 358 g/mol. The van der Waals surface area contributed by atoms with E-state index >= 15 is 0 Å². The largest absolute Gasteiger partial charge is 0.348 e. The molecule has 0 bridgehead atoms. The van der Waals surface area contributed by atoms with Crippen LogP contribution in [0, 0.1) is 6.92 Å². The van der Waals surface area contributed by atoms with Crippen LogP contribution in [-0.4, -0.2) is 22.0 Å². The lowest BCUT2D eigenvalue weighted by molar-refractivity contribution is 0.167. The lowest BCUT2D eigenvalue weighted by atomic mass is 10.0. The third-order valence-corrected chi connectivity index (χ3v) is 5.53. The van der Waals surface area contributed by atoms with Gasteiger partial charge in [0, 0.05) is 35.7 Å². The molecule has 0 spiro atoms. The highest BCUT2D eigenvalue weighted by Crippen LogP contribution is 2.30. The van der Waals surface area contributed by atoms with Crippen LogP contribution < -0.4 is 5.32 Å². The molecule has 4 rings (SSSR count). The van der Waals surface area contributed by atoms with E-state index in [1.54, 1.807) is 6.07 Å². The summed E-state index contributed by atoms with van der Waals surface area (Å²) >= 11 is 6.20. The Hall–Kier alpha value is -2.72. The van der Waals surface area contributed by atoms with Gasteiger partial charge in [-0.2, -0.15) is 0 Å². The lowest BCUT2D eigenvalue weighted by Crippen LogP contribution is -2.44. The van der Waals surface area contributed by atoms with Gasteiger partial charge < -0.3 is 14.8 Å². The number of fused-ring (bicyclic) bond motifs is 1.